The summed E-state index contributed by atoms with van der Waals surface area (Å²) in [7, 11) is 1.34. The highest BCUT2D eigenvalue weighted by Gasteiger charge is 2.27. The molecule has 2 saturated heterocycles. The minimum absolute atomic E-state index is 0.0223. The van der Waals surface area contributed by atoms with Gasteiger partial charge in [-0.15, -0.1) is 0 Å². The van der Waals surface area contributed by atoms with E-state index in [-0.39, 0.29) is 18.0 Å². The Morgan fingerprint density at radius 2 is 1.50 bits per heavy atom. The normalized spacial score (nSPS) is 17.2. The minimum Gasteiger partial charge on any atom is -0.465 e. The maximum atomic E-state index is 12.5. The average Bonchev–Trinajstić information content (AvgIpc) is 2.77. The Hall–Kier alpha value is -2.81. The van der Waals surface area contributed by atoms with Gasteiger partial charge < -0.3 is 29.5 Å². The number of hydrogen-bond acceptors (Lipinski definition) is 5. The van der Waals surface area contributed by atoms with Crippen LogP contribution < -0.4 is 5.32 Å². The van der Waals surface area contributed by atoms with Crippen LogP contribution in [-0.2, 0) is 16.0 Å². The molecule has 0 saturated carbocycles. The molecule has 2 aliphatic rings. The molecule has 9 heteroatoms. The first-order valence-corrected chi connectivity index (χ1v) is 9.40. The molecule has 0 atom stereocenters. The van der Waals surface area contributed by atoms with Gasteiger partial charge in [0.05, 0.1) is 25.9 Å². The van der Waals surface area contributed by atoms with Crippen LogP contribution in [0.15, 0.2) is 24.3 Å². The number of nitrogens with one attached hydrogen (secondary N) is 1. The molecule has 1 N–H and O–H groups in total. The number of esters is 1. The van der Waals surface area contributed by atoms with E-state index < -0.39 is 0 Å². The van der Waals surface area contributed by atoms with Crippen LogP contribution in [0.2, 0.25) is 0 Å². The summed E-state index contributed by atoms with van der Waals surface area (Å²) in [6.07, 6.45) is 0. The second kappa shape index (κ2) is 9.41. The quantitative estimate of drug-likeness (QED) is 0.769. The molecule has 1 aromatic carbocycles. The van der Waals surface area contributed by atoms with Crippen molar-refractivity contribution in [1.29, 1.82) is 0 Å². The predicted octanol–water partition coefficient (Wildman–Crippen LogP) is 0.753. The fourth-order valence-electron chi connectivity index (χ4n) is 3.22. The van der Waals surface area contributed by atoms with E-state index >= 15 is 0 Å². The highest BCUT2D eigenvalue weighted by Crippen LogP contribution is 2.09. The topological polar surface area (TPSA) is 91.4 Å². The van der Waals surface area contributed by atoms with Crippen molar-refractivity contribution in [2.45, 2.75) is 6.54 Å². The van der Waals surface area contributed by atoms with Crippen LogP contribution in [0.25, 0.3) is 0 Å². The third kappa shape index (κ3) is 4.92. The van der Waals surface area contributed by atoms with Gasteiger partial charge in [0.25, 0.3) is 0 Å². The Morgan fingerprint density at radius 1 is 0.929 bits per heavy atom. The Labute approximate surface area is 164 Å². The van der Waals surface area contributed by atoms with Crippen molar-refractivity contribution in [1.82, 2.24) is 20.0 Å². The van der Waals surface area contributed by atoms with E-state index in [0.717, 1.165) is 5.56 Å². The van der Waals surface area contributed by atoms with Crippen molar-refractivity contribution in [2.75, 3.05) is 59.6 Å². The van der Waals surface area contributed by atoms with Gasteiger partial charge in [0, 0.05) is 45.8 Å². The third-order valence-corrected chi connectivity index (χ3v) is 4.94. The molecule has 0 bridgehead atoms. The number of urea groups is 2. The van der Waals surface area contributed by atoms with E-state index in [4.69, 9.17) is 4.74 Å². The van der Waals surface area contributed by atoms with Crippen molar-refractivity contribution < 1.29 is 23.9 Å². The van der Waals surface area contributed by atoms with Gasteiger partial charge in [-0.3, -0.25) is 0 Å². The average molecular weight is 390 g/mol. The number of carbonyl (C=O) groups is 3. The third-order valence-electron chi connectivity index (χ3n) is 4.94. The van der Waals surface area contributed by atoms with Gasteiger partial charge in [-0.25, -0.2) is 14.4 Å². The Morgan fingerprint density at radius 3 is 2.11 bits per heavy atom. The first kappa shape index (κ1) is 19.9. The lowest BCUT2D eigenvalue weighted by Crippen LogP contribution is -2.56. The number of hydrogen-bond donors (Lipinski definition) is 1. The molecule has 0 aromatic heterocycles. The van der Waals surface area contributed by atoms with Gasteiger partial charge in [0.15, 0.2) is 0 Å². The number of piperazine rings is 1. The van der Waals surface area contributed by atoms with Crippen molar-refractivity contribution in [2.24, 2.45) is 0 Å². The summed E-state index contributed by atoms with van der Waals surface area (Å²) < 4.78 is 9.94. The number of benzene rings is 1. The summed E-state index contributed by atoms with van der Waals surface area (Å²) in [5, 5.41) is 2.88. The number of methoxy groups -OCH3 is 1. The van der Waals surface area contributed by atoms with Crippen LogP contribution in [-0.4, -0.2) is 92.3 Å². The smallest absolute Gasteiger partial charge is 0.337 e. The minimum atomic E-state index is -0.389. The molecule has 1 aromatic rings. The van der Waals surface area contributed by atoms with E-state index in [1.54, 1.807) is 39.0 Å². The SMILES string of the molecule is COC(=O)c1ccc(CNC(=O)N2CCN(C(=O)N3CCOCC3)CC2)cc1. The van der Waals surface area contributed by atoms with Crippen molar-refractivity contribution in [3.63, 3.8) is 0 Å². The molecule has 4 amide bonds. The van der Waals surface area contributed by atoms with E-state index in [1.807, 2.05) is 0 Å². The largest absolute Gasteiger partial charge is 0.465 e. The second-order valence-electron chi connectivity index (χ2n) is 6.70. The highest BCUT2D eigenvalue weighted by atomic mass is 16.5. The molecule has 0 spiro atoms. The number of morpholine rings is 1. The summed E-state index contributed by atoms with van der Waals surface area (Å²) >= 11 is 0. The maximum Gasteiger partial charge on any atom is 0.337 e. The summed E-state index contributed by atoms with van der Waals surface area (Å²) in [6, 6.07) is 6.77. The van der Waals surface area contributed by atoms with E-state index in [0.29, 0.717) is 64.6 Å². The molecule has 0 radical (unpaired) electrons. The zero-order valence-electron chi connectivity index (χ0n) is 16.1. The lowest BCUT2D eigenvalue weighted by atomic mass is 10.1. The van der Waals surface area contributed by atoms with Gasteiger partial charge in [0.1, 0.15) is 0 Å². The Kier molecular flexibility index (Phi) is 6.70. The number of rotatable bonds is 3. The number of amides is 4. The molecule has 28 heavy (non-hydrogen) atoms. The predicted molar refractivity (Wildman–Crippen MR) is 101 cm³/mol. The van der Waals surface area contributed by atoms with Crippen LogP contribution in [0, 0.1) is 0 Å². The molecule has 0 unspecified atom stereocenters. The van der Waals surface area contributed by atoms with E-state index in [9.17, 15) is 14.4 Å². The van der Waals surface area contributed by atoms with Gasteiger partial charge in [-0.1, -0.05) is 12.1 Å². The highest BCUT2D eigenvalue weighted by molar-refractivity contribution is 5.89. The van der Waals surface area contributed by atoms with Crippen LogP contribution in [0.5, 0.6) is 0 Å². The molecule has 2 aliphatic heterocycles. The molecule has 152 valence electrons. The first-order valence-electron chi connectivity index (χ1n) is 9.40. The molecule has 2 fully saturated rings. The van der Waals surface area contributed by atoms with E-state index in [1.165, 1.54) is 7.11 Å². The molecule has 2 heterocycles. The summed E-state index contributed by atoms with van der Waals surface area (Å²) in [4.78, 5) is 41.6. The lowest BCUT2D eigenvalue weighted by molar-refractivity contribution is 0.0392. The monoisotopic (exact) mass is 390 g/mol. The van der Waals surface area contributed by atoms with Crippen LogP contribution in [0.4, 0.5) is 9.59 Å². The molecular formula is C19H26N4O5. The van der Waals surface area contributed by atoms with Crippen LogP contribution in [0.1, 0.15) is 15.9 Å². The second-order valence-corrected chi connectivity index (χ2v) is 6.70. The maximum absolute atomic E-state index is 12.5. The van der Waals surface area contributed by atoms with Gasteiger partial charge in [0.2, 0.25) is 0 Å². The number of carbonyl (C=O) groups excluding carboxylic acids is 3. The van der Waals surface area contributed by atoms with Crippen molar-refractivity contribution >= 4 is 18.0 Å². The van der Waals surface area contributed by atoms with Crippen LogP contribution in [0.3, 0.4) is 0 Å². The first-order chi connectivity index (χ1) is 13.6. The zero-order chi connectivity index (χ0) is 19.9. The summed E-state index contributed by atoms with van der Waals surface area (Å²) in [5.41, 5.74) is 1.36. The lowest BCUT2D eigenvalue weighted by Gasteiger charge is -2.38. The number of ether oxygens (including phenoxy) is 2. The standard InChI is InChI=1S/C19H26N4O5/c1-27-17(24)16-4-2-15(3-5-16)14-20-18(25)21-6-8-22(9-7-21)19(26)23-10-12-28-13-11-23/h2-5H,6-14H2,1H3,(H,20,25). The van der Waals surface area contributed by atoms with Gasteiger partial charge in [-0.2, -0.15) is 0 Å². The molecule has 0 aliphatic carbocycles. The fraction of sp³-hybridized carbons (Fsp3) is 0.526. The number of nitrogens with zero attached hydrogens (tertiary/aromatic N) is 3. The van der Waals surface area contributed by atoms with E-state index in [2.05, 4.69) is 10.1 Å². The fourth-order valence-corrected chi connectivity index (χ4v) is 3.22. The van der Waals surface area contributed by atoms with Gasteiger partial charge >= 0.3 is 18.0 Å². The Bertz CT molecular complexity index is 695. The van der Waals surface area contributed by atoms with Crippen molar-refractivity contribution in [3.8, 4) is 0 Å². The molecular weight excluding hydrogens is 364 g/mol. The van der Waals surface area contributed by atoms with Crippen molar-refractivity contribution in [3.05, 3.63) is 35.4 Å². The molecule has 9 nitrogen and oxygen atoms in total. The molecule has 3 rings (SSSR count). The Balaban J connectivity index is 1.42. The van der Waals surface area contributed by atoms with Crippen LogP contribution >= 0.6 is 0 Å². The zero-order valence-corrected chi connectivity index (χ0v) is 16.1. The summed E-state index contributed by atoms with van der Waals surface area (Å²) in [5.74, 6) is -0.389. The van der Waals surface area contributed by atoms with Gasteiger partial charge in [-0.05, 0) is 17.7 Å². The summed E-state index contributed by atoms with van der Waals surface area (Å²) in [6.45, 7) is 4.82.